The number of halogens is 1. The number of benzene rings is 1. The zero-order valence-corrected chi connectivity index (χ0v) is 10.5. The largest absolute Gasteiger partial charge is 0.380 e. The van der Waals surface area contributed by atoms with Gasteiger partial charge in [-0.25, -0.2) is 4.39 Å². The molecule has 0 radical (unpaired) electrons. The molecule has 2 N–H and O–H groups in total. The van der Waals surface area contributed by atoms with E-state index in [1.165, 1.54) is 12.1 Å². The predicted octanol–water partition coefficient (Wildman–Crippen LogP) is 1.24. The molecule has 0 saturated heterocycles. The highest BCUT2D eigenvalue weighted by atomic mass is 19.1. The van der Waals surface area contributed by atoms with Crippen molar-refractivity contribution in [2.75, 3.05) is 31.1 Å². The summed E-state index contributed by atoms with van der Waals surface area (Å²) in [6, 6.07) is 4.48. The Kier molecular flexibility index (Phi) is 3.21. The summed E-state index contributed by atoms with van der Waals surface area (Å²) in [4.78, 5) is 6.25. The average molecular weight is 261 g/mol. The third-order valence-corrected chi connectivity index (χ3v) is 3.41. The van der Waals surface area contributed by atoms with Crippen molar-refractivity contribution in [1.82, 2.24) is 5.32 Å². The van der Waals surface area contributed by atoms with Crippen molar-refractivity contribution < 1.29 is 9.50 Å². The molecule has 4 nitrogen and oxygen atoms in total. The fraction of sp³-hybridized carbons (Fsp3) is 0.357. The van der Waals surface area contributed by atoms with E-state index in [4.69, 9.17) is 0 Å². The number of amidine groups is 1. The SMILES string of the molecule is OC(C1=NCCN1)c1ccc(F)cc1N1CC=CC1. The van der Waals surface area contributed by atoms with Crippen molar-refractivity contribution in [3.05, 3.63) is 41.7 Å². The van der Waals surface area contributed by atoms with Crippen LogP contribution < -0.4 is 10.2 Å². The summed E-state index contributed by atoms with van der Waals surface area (Å²) >= 11 is 0. The van der Waals surface area contributed by atoms with Gasteiger partial charge in [0, 0.05) is 30.9 Å². The van der Waals surface area contributed by atoms with Gasteiger partial charge in [0.1, 0.15) is 17.8 Å². The van der Waals surface area contributed by atoms with Crippen LogP contribution in [0.5, 0.6) is 0 Å². The van der Waals surface area contributed by atoms with Gasteiger partial charge in [0.2, 0.25) is 0 Å². The molecule has 0 amide bonds. The minimum atomic E-state index is -0.821. The molecule has 2 heterocycles. The summed E-state index contributed by atoms with van der Waals surface area (Å²) in [5, 5.41) is 13.4. The van der Waals surface area contributed by atoms with Crippen molar-refractivity contribution in [3.63, 3.8) is 0 Å². The minimum Gasteiger partial charge on any atom is -0.380 e. The van der Waals surface area contributed by atoms with Crippen molar-refractivity contribution in [1.29, 1.82) is 0 Å². The van der Waals surface area contributed by atoms with Crippen LogP contribution in [0.4, 0.5) is 10.1 Å². The highest BCUT2D eigenvalue weighted by molar-refractivity contribution is 5.90. The topological polar surface area (TPSA) is 47.9 Å². The highest BCUT2D eigenvalue weighted by Gasteiger charge is 2.23. The molecule has 2 aliphatic heterocycles. The van der Waals surface area contributed by atoms with Gasteiger partial charge in [0.25, 0.3) is 0 Å². The lowest BCUT2D eigenvalue weighted by Crippen LogP contribution is -2.28. The van der Waals surface area contributed by atoms with E-state index in [1.54, 1.807) is 6.07 Å². The number of hydrogen-bond acceptors (Lipinski definition) is 4. The molecule has 1 aromatic rings. The van der Waals surface area contributed by atoms with Gasteiger partial charge in [-0.05, 0) is 12.1 Å². The molecule has 0 saturated carbocycles. The molecule has 19 heavy (non-hydrogen) atoms. The summed E-state index contributed by atoms with van der Waals surface area (Å²) in [5.74, 6) is 0.277. The molecule has 1 unspecified atom stereocenters. The lowest BCUT2D eigenvalue weighted by molar-refractivity contribution is 0.244. The van der Waals surface area contributed by atoms with Crippen molar-refractivity contribution in [3.8, 4) is 0 Å². The Bertz CT molecular complexity index is 533. The van der Waals surface area contributed by atoms with E-state index >= 15 is 0 Å². The number of aliphatic imine (C=N–C) groups is 1. The van der Waals surface area contributed by atoms with E-state index in [0.717, 1.165) is 25.3 Å². The number of aliphatic hydroxyl groups is 1. The second-order valence-corrected chi connectivity index (χ2v) is 4.68. The number of hydrogen-bond donors (Lipinski definition) is 2. The van der Waals surface area contributed by atoms with Crippen LogP contribution in [-0.4, -0.2) is 37.1 Å². The Morgan fingerprint density at radius 2 is 2.11 bits per heavy atom. The zero-order valence-electron chi connectivity index (χ0n) is 10.5. The normalized spacial score (nSPS) is 19.5. The van der Waals surface area contributed by atoms with Gasteiger partial charge in [-0.15, -0.1) is 0 Å². The molecule has 2 aliphatic rings. The second-order valence-electron chi connectivity index (χ2n) is 4.68. The molecule has 0 aliphatic carbocycles. The summed E-state index contributed by atoms with van der Waals surface area (Å²) in [5.41, 5.74) is 1.42. The molecule has 1 atom stereocenters. The maximum atomic E-state index is 13.5. The summed E-state index contributed by atoms with van der Waals surface area (Å²) in [6.07, 6.45) is 3.25. The first-order valence-electron chi connectivity index (χ1n) is 6.41. The number of anilines is 1. The Balaban J connectivity index is 1.95. The van der Waals surface area contributed by atoms with Crippen LogP contribution in [0.1, 0.15) is 11.7 Å². The van der Waals surface area contributed by atoms with Crippen LogP contribution in [0.3, 0.4) is 0 Å². The average Bonchev–Trinajstić information content (AvgIpc) is 3.11. The van der Waals surface area contributed by atoms with Crippen LogP contribution in [0.2, 0.25) is 0 Å². The van der Waals surface area contributed by atoms with Crippen molar-refractivity contribution >= 4 is 11.5 Å². The lowest BCUT2D eigenvalue weighted by atomic mass is 10.0. The Labute approximate surface area is 111 Å². The number of aliphatic hydroxyl groups excluding tert-OH is 1. The molecular weight excluding hydrogens is 245 g/mol. The van der Waals surface area contributed by atoms with E-state index in [1.807, 2.05) is 17.1 Å². The Hall–Kier alpha value is -1.88. The molecule has 3 rings (SSSR count). The molecule has 0 bridgehead atoms. The quantitative estimate of drug-likeness (QED) is 0.805. The molecular formula is C14H16FN3O. The predicted molar refractivity (Wildman–Crippen MR) is 73.0 cm³/mol. The molecule has 0 fully saturated rings. The van der Waals surface area contributed by atoms with Gasteiger partial charge in [-0.1, -0.05) is 18.2 Å². The summed E-state index contributed by atoms with van der Waals surface area (Å²) < 4.78 is 13.5. The molecule has 0 aromatic heterocycles. The maximum Gasteiger partial charge on any atom is 0.138 e. The number of nitrogens with one attached hydrogen (secondary N) is 1. The van der Waals surface area contributed by atoms with Gasteiger partial charge in [0.15, 0.2) is 0 Å². The monoisotopic (exact) mass is 261 g/mol. The lowest BCUT2D eigenvalue weighted by Gasteiger charge is -2.24. The number of nitrogens with zero attached hydrogens (tertiary/aromatic N) is 2. The smallest absolute Gasteiger partial charge is 0.138 e. The van der Waals surface area contributed by atoms with Gasteiger partial charge >= 0.3 is 0 Å². The van der Waals surface area contributed by atoms with E-state index < -0.39 is 6.10 Å². The number of rotatable bonds is 3. The third-order valence-electron chi connectivity index (χ3n) is 3.41. The molecule has 5 heteroatoms. The summed E-state index contributed by atoms with van der Waals surface area (Å²) in [6.45, 7) is 2.90. The van der Waals surface area contributed by atoms with Crippen LogP contribution in [0, 0.1) is 5.82 Å². The van der Waals surface area contributed by atoms with Crippen LogP contribution in [-0.2, 0) is 0 Å². The first-order chi connectivity index (χ1) is 9.25. The van der Waals surface area contributed by atoms with Gasteiger partial charge < -0.3 is 15.3 Å². The van der Waals surface area contributed by atoms with Gasteiger partial charge in [-0.2, -0.15) is 0 Å². The molecule has 1 aromatic carbocycles. The van der Waals surface area contributed by atoms with E-state index in [2.05, 4.69) is 10.3 Å². The van der Waals surface area contributed by atoms with E-state index in [9.17, 15) is 9.50 Å². The Morgan fingerprint density at radius 1 is 1.32 bits per heavy atom. The fourth-order valence-corrected chi connectivity index (χ4v) is 2.44. The Morgan fingerprint density at radius 3 is 2.79 bits per heavy atom. The standard InChI is InChI=1S/C14H16FN3O/c15-10-3-4-11(13(19)14-16-5-6-17-14)12(9-10)18-7-1-2-8-18/h1-4,9,13,19H,5-8H2,(H,16,17). The molecule has 100 valence electrons. The van der Waals surface area contributed by atoms with E-state index in [-0.39, 0.29) is 5.82 Å². The third kappa shape index (κ3) is 2.33. The van der Waals surface area contributed by atoms with E-state index in [0.29, 0.717) is 17.9 Å². The van der Waals surface area contributed by atoms with Gasteiger partial charge in [0.05, 0.1) is 6.54 Å². The highest BCUT2D eigenvalue weighted by Crippen LogP contribution is 2.29. The van der Waals surface area contributed by atoms with Crippen molar-refractivity contribution in [2.45, 2.75) is 6.10 Å². The van der Waals surface area contributed by atoms with Crippen LogP contribution in [0.15, 0.2) is 35.3 Å². The minimum absolute atomic E-state index is 0.292. The fourth-order valence-electron chi connectivity index (χ4n) is 2.44. The zero-order chi connectivity index (χ0) is 13.2. The second kappa shape index (κ2) is 5.01. The van der Waals surface area contributed by atoms with Crippen molar-refractivity contribution in [2.24, 2.45) is 4.99 Å². The van der Waals surface area contributed by atoms with Crippen LogP contribution in [0.25, 0.3) is 0 Å². The first-order valence-corrected chi connectivity index (χ1v) is 6.41. The first kappa shape index (κ1) is 12.2. The van der Waals surface area contributed by atoms with Crippen LogP contribution >= 0.6 is 0 Å². The molecule has 0 spiro atoms. The summed E-state index contributed by atoms with van der Waals surface area (Å²) in [7, 11) is 0. The van der Waals surface area contributed by atoms with Gasteiger partial charge in [-0.3, -0.25) is 4.99 Å². The maximum absolute atomic E-state index is 13.5.